The first-order valence-electron chi connectivity index (χ1n) is 5.35. The first kappa shape index (κ1) is 10.5. The second-order valence-electron chi connectivity index (χ2n) is 4.09. The minimum Gasteiger partial charge on any atom is -0.303 e. The van der Waals surface area contributed by atoms with Gasteiger partial charge in [0.05, 0.1) is 12.2 Å². The Morgan fingerprint density at radius 2 is 1.94 bits per heavy atom. The van der Waals surface area contributed by atoms with Gasteiger partial charge in [0.25, 0.3) is 5.91 Å². The van der Waals surface area contributed by atoms with E-state index >= 15 is 0 Å². The van der Waals surface area contributed by atoms with Crippen LogP contribution in [0.1, 0.15) is 10.4 Å². The predicted octanol–water partition coefficient (Wildman–Crippen LogP) is 3.71. The van der Waals surface area contributed by atoms with Gasteiger partial charge >= 0.3 is 0 Å². The fourth-order valence-electron chi connectivity index (χ4n) is 2.31. The first-order valence-corrected chi connectivity index (χ1v) is 6.14. The van der Waals surface area contributed by atoms with Crippen LogP contribution in [0.5, 0.6) is 0 Å². The van der Waals surface area contributed by atoms with E-state index in [0.717, 1.165) is 26.5 Å². The van der Waals surface area contributed by atoms with Crippen LogP contribution in [0.3, 0.4) is 0 Å². The number of hydrogen-bond donors (Lipinski definition) is 0. The molecule has 3 heteroatoms. The SMILES string of the molecule is C=C(Br)CN1C(=O)c2cccc3cccc1c23. The molecule has 84 valence electrons. The Kier molecular flexibility index (Phi) is 2.30. The molecule has 0 aliphatic carbocycles. The molecule has 0 bridgehead atoms. The van der Waals surface area contributed by atoms with Crippen LogP contribution in [0.2, 0.25) is 0 Å². The number of nitrogens with zero attached hydrogens (tertiary/aromatic N) is 1. The number of carbonyl (C=O) groups is 1. The van der Waals surface area contributed by atoms with Crippen molar-refractivity contribution < 1.29 is 4.79 Å². The molecule has 1 aliphatic rings. The fourth-order valence-corrected chi connectivity index (χ4v) is 2.56. The van der Waals surface area contributed by atoms with Gasteiger partial charge in [0, 0.05) is 15.4 Å². The third-order valence-corrected chi connectivity index (χ3v) is 3.23. The normalized spacial score (nSPS) is 13.5. The van der Waals surface area contributed by atoms with E-state index in [1.807, 2.05) is 36.4 Å². The Hall–Kier alpha value is -1.61. The lowest BCUT2D eigenvalue weighted by molar-refractivity contribution is 0.0995. The number of amides is 1. The van der Waals surface area contributed by atoms with Gasteiger partial charge in [-0.2, -0.15) is 0 Å². The number of carbonyl (C=O) groups excluding carboxylic acids is 1. The Labute approximate surface area is 108 Å². The van der Waals surface area contributed by atoms with E-state index in [1.54, 1.807) is 4.90 Å². The van der Waals surface area contributed by atoms with Crippen molar-refractivity contribution in [3.05, 3.63) is 53.0 Å². The summed E-state index contributed by atoms with van der Waals surface area (Å²) < 4.78 is 0.802. The van der Waals surface area contributed by atoms with Gasteiger partial charge in [0.2, 0.25) is 0 Å². The van der Waals surface area contributed by atoms with E-state index in [0.29, 0.717) is 6.54 Å². The molecule has 17 heavy (non-hydrogen) atoms. The summed E-state index contributed by atoms with van der Waals surface area (Å²) in [6.45, 7) is 4.31. The molecule has 0 fully saturated rings. The van der Waals surface area contributed by atoms with Crippen LogP contribution in [0.25, 0.3) is 10.8 Å². The minimum absolute atomic E-state index is 0.0531. The van der Waals surface area contributed by atoms with Crippen molar-refractivity contribution in [3.8, 4) is 0 Å². The molecule has 1 heterocycles. The number of benzene rings is 2. The lowest BCUT2D eigenvalue weighted by Gasteiger charge is -2.16. The van der Waals surface area contributed by atoms with Crippen LogP contribution in [-0.2, 0) is 0 Å². The molecule has 1 aliphatic heterocycles. The van der Waals surface area contributed by atoms with Gasteiger partial charge in [-0.15, -0.1) is 0 Å². The highest BCUT2D eigenvalue weighted by molar-refractivity contribution is 9.11. The molecule has 0 radical (unpaired) electrons. The van der Waals surface area contributed by atoms with Crippen molar-refractivity contribution in [1.29, 1.82) is 0 Å². The molecule has 0 aromatic heterocycles. The zero-order chi connectivity index (χ0) is 12.0. The lowest BCUT2D eigenvalue weighted by atomic mass is 10.1. The van der Waals surface area contributed by atoms with E-state index in [-0.39, 0.29) is 5.91 Å². The van der Waals surface area contributed by atoms with Crippen molar-refractivity contribution in [1.82, 2.24) is 0 Å². The van der Waals surface area contributed by atoms with Crippen LogP contribution in [-0.4, -0.2) is 12.5 Å². The van der Waals surface area contributed by atoms with E-state index < -0.39 is 0 Å². The van der Waals surface area contributed by atoms with Gasteiger partial charge in [-0.25, -0.2) is 0 Å². The second kappa shape index (κ2) is 3.70. The molecular weight excluding hydrogens is 278 g/mol. The quantitative estimate of drug-likeness (QED) is 0.825. The monoisotopic (exact) mass is 287 g/mol. The van der Waals surface area contributed by atoms with Gasteiger partial charge < -0.3 is 4.90 Å². The molecule has 0 spiro atoms. The summed E-state index contributed by atoms with van der Waals surface area (Å²) >= 11 is 3.32. The molecule has 2 aromatic carbocycles. The topological polar surface area (TPSA) is 20.3 Å². The summed E-state index contributed by atoms with van der Waals surface area (Å²) in [7, 11) is 0. The highest BCUT2D eigenvalue weighted by Gasteiger charge is 2.29. The lowest BCUT2D eigenvalue weighted by Crippen LogP contribution is -2.27. The van der Waals surface area contributed by atoms with Crippen LogP contribution in [0, 0.1) is 0 Å². The average Bonchev–Trinajstić information content (AvgIpc) is 2.57. The molecular formula is C14H10BrNO. The van der Waals surface area contributed by atoms with Crippen molar-refractivity contribution in [2.45, 2.75) is 0 Å². The smallest absolute Gasteiger partial charge is 0.259 e. The molecule has 0 saturated carbocycles. The zero-order valence-corrected chi connectivity index (χ0v) is 10.7. The summed E-state index contributed by atoms with van der Waals surface area (Å²) in [6.07, 6.45) is 0. The highest BCUT2D eigenvalue weighted by Crippen LogP contribution is 2.37. The average molecular weight is 288 g/mol. The number of anilines is 1. The highest BCUT2D eigenvalue weighted by atomic mass is 79.9. The third kappa shape index (κ3) is 1.50. The van der Waals surface area contributed by atoms with Gasteiger partial charge in [-0.05, 0) is 17.5 Å². The van der Waals surface area contributed by atoms with Crippen molar-refractivity contribution in [3.63, 3.8) is 0 Å². The second-order valence-corrected chi connectivity index (χ2v) is 5.21. The van der Waals surface area contributed by atoms with Gasteiger partial charge in [-0.1, -0.05) is 46.8 Å². The van der Waals surface area contributed by atoms with Crippen molar-refractivity contribution >= 4 is 38.3 Å². The summed E-state index contributed by atoms with van der Waals surface area (Å²) in [5.74, 6) is 0.0531. The van der Waals surface area contributed by atoms with E-state index in [9.17, 15) is 4.79 Å². The third-order valence-electron chi connectivity index (χ3n) is 2.98. The maximum absolute atomic E-state index is 12.3. The molecule has 2 nitrogen and oxygen atoms in total. The summed E-state index contributed by atoms with van der Waals surface area (Å²) in [5, 5.41) is 2.16. The molecule has 1 amide bonds. The Balaban J connectivity index is 2.27. The molecule has 0 N–H and O–H groups in total. The Bertz CT molecular complexity index is 642. The maximum Gasteiger partial charge on any atom is 0.259 e. The van der Waals surface area contributed by atoms with Crippen molar-refractivity contribution in [2.24, 2.45) is 0 Å². The van der Waals surface area contributed by atoms with Crippen LogP contribution < -0.4 is 4.90 Å². The van der Waals surface area contributed by atoms with Gasteiger partial charge in [-0.3, -0.25) is 4.79 Å². The first-order chi connectivity index (χ1) is 8.18. The number of hydrogen-bond acceptors (Lipinski definition) is 1. The molecule has 2 aromatic rings. The van der Waals surface area contributed by atoms with Gasteiger partial charge in [0.15, 0.2) is 0 Å². The van der Waals surface area contributed by atoms with Crippen LogP contribution >= 0.6 is 15.9 Å². The Morgan fingerprint density at radius 3 is 2.65 bits per heavy atom. The van der Waals surface area contributed by atoms with Gasteiger partial charge in [0.1, 0.15) is 0 Å². The summed E-state index contributed by atoms with van der Waals surface area (Å²) in [6, 6.07) is 11.8. The van der Waals surface area contributed by atoms with Crippen LogP contribution in [0.15, 0.2) is 47.5 Å². The molecule has 0 atom stereocenters. The minimum atomic E-state index is 0.0531. The molecule has 3 rings (SSSR count). The van der Waals surface area contributed by atoms with Crippen molar-refractivity contribution in [2.75, 3.05) is 11.4 Å². The molecule has 0 unspecified atom stereocenters. The summed E-state index contributed by atoms with van der Waals surface area (Å²) in [5.41, 5.74) is 1.76. The standard InChI is InChI=1S/C14H10BrNO/c1-9(15)8-16-12-7-3-5-10-4-2-6-11(13(10)12)14(16)17/h2-7H,1,8H2. The maximum atomic E-state index is 12.3. The fraction of sp³-hybridized carbons (Fsp3) is 0.0714. The van der Waals surface area contributed by atoms with E-state index in [4.69, 9.17) is 0 Å². The number of rotatable bonds is 2. The predicted molar refractivity (Wildman–Crippen MR) is 73.7 cm³/mol. The zero-order valence-electron chi connectivity index (χ0n) is 9.11. The van der Waals surface area contributed by atoms with E-state index in [1.165, 1.54) is 0 Å². The van der Waals surface area contributed by atoms with Crippen LogP contribution in [0.4, 0.5) is 5.69 Å². The largest absolute Gasteiger partial charge is 0.303 e. The summed E-state index contributed by atoms with van der Waals surface area (Å²) in [4.78, 5) is 14.0. The molecule has 0 saturated heterocycles. The Morgan fingerprint density at radius 1 is 1.24 bits per heavy atom. The number of halogens is 1. The van der Waals surface area contributed by atoms with E-state index in [2.05, 4.69) is 22.5 Å².